The SMILES string of the molecule is CCC[C@H](C(=O)N1CCc2c(ncn(C)c2=O)C1)N(C)C. The molecule has 116 valence electrons. The van der Waals surface area contributed by atoms with Crippen molar-refractivity contribution in [2.45, 2.75) is 38.8 Å². The van der Waals surface area contributed by atoms with Crippen LogP contribution in [-0.2, 0) is 24.8 Å². The van der Waals surface area contributed by atoms with E-state index in [0.717, 1.165) is 24.1 Å². The van der Waals surface area contributed by atoms with Gasteiger partial charge in [-0.15, -0.1) is 0 Å². The minimum absolute atomic E-state index is 0.00446. The predicted molar refractivity (Wildman–Crippen MR) is 81.0 cm³/mol. The Morgan fingerprint density at radius 1 is 1.48 bits per heavy atom. The maximum Gasteiger partial charge on any atom is 0.256 e. The second kappa shape index (κ2) is 6.39. The van der Waals surface area contributed by atoms with Crippen LogP contribution in [0.1, 0.15) is 31.0 Å². The summed E-state index contributed by atoms with van der Waals surface area (Å²) >= 11 is 0. The molecule has 0 N–H and O–H groups in total. The molecule has 0 fully saturated rings. The zero-order valence-electron chi connectivity index (χ0n) is 13.3. The molecule has 2 rings (SSSR count). The lowest BCUT2D eigenvalue weighted by Crippen LogP contribution is -2.48. The van der Waals surface area contributed by atoms with Gasteiger partial charge in [0.2, 0.25) is 5.91 Å². The summed E-state index contributed by atoms with van der Waals surface area (Å²) in [5, 5.41) is 0. The maximum atomic E-state index is 12.7. The van der Waals surface area contributed by atoms with Gasteiger partial charge in [0.05, 0.1) is 24.6 Å². The standard InChI is InChI=1S/C15H24N4O2/c1-5-6-13(17(2)3)15(21)19-8-7-11-12(9-19)16-10-18(4)14(11)20/h10,13H,5-9H2,1-4H3/t13-/m1/s1. The molecule has 6 nitrogen and oxygen atoms in total. The van der Waals surface area contributed by atoms with E-state index < -0.39 is 0 Å². The maximum absolute atomic E-state index is 12.7. The number of fused-ring (bicyclic) bond motifs is 1. The molecule has 1 amide bonds. The van der Waals surface area contributed by atoms with Crippen molar-refractivity contribution in [3.05, 3.63) is 27.9 Å². The first-order valence-corrected chi connectivity index (χ1v) is 7.44. The Kier molecular flexibility index (Phi) is 4.77. The minimum atomic E-state index is -0.0944. The lowest BCUT2D eigenvalue weighted by molar-refractivity contribution is -0.137. The van der Waals surface area contributed by atoms with Crippen LogP contribution in [0.3, 0.4) is 0 Å². The van der Waals surface area contributed by atoms with Crippen molar-refractivity contribution >= 4 is 5.91 Å². The highest BCUT2D eigenvalue weighted by atomic mass is 16.2. The third-order valence-electron chi connectivity index (χ3n) is 4.07. The van der Waals surface area contributed by atoms with Gasteiger partial charge in [-0.3, -0.25) is 14.5 Å². The highest BCUT2D eigenvalue weighted by Crippen LogP contribution is 2.16. The van der Waals surface area contributed by atoms with Gasteiger partial charge in [-0.05, 0) is 26.9 Å². The number of nitrogens with zero attached hydrogens (tertiary/aromatic N) is 4. The topological polar surface area (TPSA) is 58.4 Å². The molecule has 1 aliphatic heterocycles. The third kappa shape index (κ3) is 3.15. The van der Waals surface area contributed by atoms with Crippen molar-refractivity contribution in [2.75, 3.05) is 20.6 Å². The minimum Gasteiger partial charge on any atom is -0.335 e. The zero-order valence-corrected chi connectivity index (χ0v) is 13.3. The molecule has 0 unspecified atom stereocenters. The summed E-state index contributed by atoms with van der Waals surface area (Å²) in [6.07, 6.45) is 3.94. The largest absolute Gasteiger partial charge is 0.335 e. The Hall–Kier alpha value is -1.69. The molecule has 1 atom stereocenters. The number of carbonyl (C=O) groups excluding carboxylic acids is 1. The van der Waals surface area contributed by atoms with Crippen LogP contribution in [0.5, 0.6) is 0 Å². The van der Waals surface area contributed by atoms with Crippen LogP contribution < -0.4 is 5.56 Å². The van der Waals surface area contributed by atoms with E-state index in [1.54, 1.807) is 7.05 Å². The van der Waals surface area contributed by atoms with Crippen molar-refractivity contribution in [1.82, 2.24) is 19.4 Å². The van der Waals surface area contributed by atoms with E-state index in [2.05, 4.69) is 11.9 Å². The third-order valence-corrected chi connectivity index (χ3v) is 4.07. The average Bonchev–Trinajstić information content (AvgIpc) is 2.47. The Morgan fingerprint density at radius 2 is 2.19 bits per heavy atom. The monoisotopic (exact) mass is 292 g/mol. The normalized spacial score (nSPS) is 16.0. The summed E-state index contributed by atoms with van der Waals surface area (Å²) in [4.78, 5) is 32.8. The van der Waals surface area contributed by atoms with Crippen LogP contribution in [0.25, 0.3) is 0 Å². The van der Waals surface area contributed by atoms with Gasteiger partial charge in [0.1, 0.15) is 0 Å². The molecular weight excluding hydrogens is 268 g/mol. The second-order valence-electron chi connectivity index (χ2n) is 5.86. The van der Waals surface area contributed by atoms with Gasteiger partial charge in [-0.25, -0.2) is 4.98 Å². The van der Waals surface area contributed by atoms with Gasteiger partial charge in [0, 0.05) is 19.2 Å². The number of rotatable bonds is 4. The molecule has 0 bridgehead atoms. The van der Waals surface area contributed by atoms with Crippen molar-refractivity contribution in [3.8, 4) is 0 Å². The molecule has 1 aromatic rings. The molecule has 21 heavy (non-hydrogen) atoms. The van der Waals surface area contributed by atoms with Crippen LogP contribution in [-0.4, -0.2) is 51.9 Å². The number of hydrogen-bond acceptors (Lipinski definition) is 4. The molecule has 0 aliphatic carbocycles. The van der Waals surface area contributed by atoms with E-state index in [4.69, 9.17) is 0 Å². The highest BCUT2D eigenvalue weighted by molar-refractivity contribution is 5.82. The summed E-state index contributed by atoms with van der Waals surface area (Å²) in [6.45, 7) is 3.12. The zero-order chi connectivity index (χ0) is 15.6. The smallest absolute Gasteiger partial charge is 0.256 e. The summed E-state index contributed by atoms with van der Waals surface area (Å²) in [5.41, 5.74) is 1.50. The van der Waals surface area contributed by atoms with E-state index in [1.807, 2.05) is 23.9 Å². The van der Waals surface area contributed by atoms with Crippen LogP contribution >= 0.6 is 0 Å². The quantitative estimate of drug-likeness (QED) is 0.806. The molecule has 6 heteroatoms. The molecule has 0 spiro atoms. The molecule has 0 saturated carbocycles. The molecule has 0 aromatic carbocycles. The fraction of sp³-hybridized carbons (Fsp3) is 0.667. The fourth-order valence-corrected chi connectivity index (χ4v) is 2.79. The van der Waals surface area contributed by atoms with E-state index >= 15 is 0 Å². The molecule has 0 radical (unpaired) electrons. The van der Waals surface area contributed by atoms with E-state index in [-0.39, 0.29) is 17.5 Å². The van der Waals surface area contributed by atoms with E-state index in [9.17, 15) is 9.59 Å². The molecule has 2 heterocycles. The second-order valence-corrected chi connectivity index (χ2v) is 5.86. The van der Waals surface area contributed by atoms with Gasteiger partial charge in [0.25, 0.3) is 5.56 Å². The molecule has 0 saturated heterocycles. The van der Waals surface area contributed by atoms with Crippen molar-refractivity contribution in [2.24, 2.45) is 7.05 Å². The van der Waals surface area contributed by atoms with E-state index in [0.29, 0.717) is 19.5 Å². The average molecular weight is 292 g/mol. The number of aromatic nitrogens is 2. The lowest BCUT2D eigenvalue weighted by Gasteiger charge is -2.33. The first kappa shape index (κ1) is 15.7. The van der Waals surface area contributed by atoms with Crippen LogP contribution in [0.2, 0.25) is 0 Å². The first-order chi connectivity index (χ1) is 9.95. The Morgan fingerprint density at radius 3 is 2.81 bits per heavy atom. The number of carbonyl (C=O) groups is 1. The van der Waals surface area contributed by atoms with Crippen LogP contribution in [0.15, 0.2) is 11.1 Å². The predicted octanol–water partition coefficient (Wildman–Crippen LogP) is 0.395. The van der Waals surface area contributed by atoms with Crippen molar-refractivity contribution in [1.29, 1.82) is 0 Å². The summed E-state index contributed by atoms with van der Waals surface area (Å²) < 4.78 is 1.50. The summed E-state index contributed by atoms with van der Waals surface area (Å²) in [6, 6.07) is -0.0944. The number of amides is 1. The summed E-state index contributed by atoms with van der Waals surface area (Å²) in [5.74, 6) is 0.134. The Balaban J connectivity index is 2.19. The number of hydrogen-bond donors (Lipinski definition) is 0. The summed E-state index contributed by atoms with van der Waals surface area (Å²) in [7, 11) is 5.57. The Bertz CT molecular complexity index is 580. The molecule has 1 aromatic heterocycles. The van der Waals surface area contributed by atoms with Gasteiger partial charge < -0.3 is 9.47 Å². The van der Waals surface area contributed by atoms with Crippen LogP contribution in [0, 0.1) is 0 Å². The van der Waals surface area contributed by atoms with Gasteiger partial charge >= 0.3 is 0 Å². The van der Waals surface area contributed by atoms with Gasteiger partial charge in [-0.2, -0.15) is 0 Å². The van der Waals surface area contributed by atoms with Gasteiger partial charge in [0.15, 0.2) is 0 Å². The molecule has 1 aliphatic rings. The lowest BCUT2D eigenvalue weighted by atomic mass is 10.0. The first-order valence-electron chi connectivity index (χ1n) is 7.44. The fourth-order valence-electron chi connectivity index (χ4n) is 2.79. The van der Waals surface area contributed by atoms with Crippen LogP contribution in [0.4, 0.5) is 0 Å². The van der Waals surface area contributed by atoms with Gasteiger partial charge in [-0.1, -0.05) is 13.3 Å². The number of aryl methyl sites for hydroxylation is 1. The molecular formula is C15H24N4O2. The highest BCUT2D eigenvalue weighted by Gasteiger charge is 2.29. The number of likely N-dealkylation sites (N-methyl/N-ethyl adjacent to an activating group) is 1. The van der Waals surface area contributed by atoms with Crippen molar-refractivity contribution < 1.29 is 4.79 Å². The van der Waals surface area contributed by atoms with E-state index in [1.165, 1.54) is 10.9 Å². The van der Waals surface area contributed by atoms with Crippen molar-refractivity contribution in [3.63, 3.8) is 0 Å². The Labute approximate surface area is 125 Å².